The Morgan fingerprint density at radius 3 is 0.913 bits per heavy atom. The topological polar surface area (TPSA) is 17.1 Å². The molecule has 23 heavy (non-hydrogen) atoms. The number of aryl methyl sites for hydroxylation is 3. The van der Waals surface area contributed by atoms with E-state index in [-0.39, 0.29) is 0 Å². The van der Waals surface area contributed by atoms with Crippen molar-refractivity contribution in [3.05, 3.63) is 89.5 Å². The number of hydrogen-bond donors (Lipinski definition) is 0. The summed E-state index contributed by atoms with van der Waals surface area (Å²) in [5.74, 6) is 0. The second kappa shape index (κ2) is 6.18. The largest absolute Gasteiger partial charge is 0.309 e. The molecule has 0 spiro atoms. The van der Waals surface area contributed by atoms with Gasteiger partial charge >= 0.3 is 0 Å². The van der Waals surface area contributed by atoms with Crippen LogP contribution in [-0.2, 0) is 4.57 Å². The fourth-order valence-corrected chi connectivity index (χ4v) is 5.31. The van der Waals surface area contributed by atoms with Gasteiger partial charge in [-0.3, -0.25) is 0 Å². The Hall–Kier alpha value is -2.11. The zero-order valence-corrected chi connectivity index (χ0v) is 14.7. The molecule has 0 saturated carbocycles. The summed E-state index contributed by atoms with van der Waals surface area (Å²) in [6, 6.07) is 24.2. The first-order chi connectivity index (χ1) is 11.0. The van der Waals surface area contributed by atoms with E-state index in [1.807, 2.05) is 93.6 Å². The predicted octanol–water partition coefficient (Wildman–Crippen LogP) is 4.25. The van der Waals surface area contributed by atoms with E-state index in [1.54, 1.807) is 0 Å². The second-order valence-electron chi connectivity index (χ2n) is 6.12. The molecule has 3 rings (SSSR count). The van der Waals surface area contributed by atoms with Crippen LogP contribution in [0.3, 0.4) is 0 Å². The normalized spacial score (nSPS) is 11.4. The minimum atomic E-state index is -2.84. The highest BCUT2D eigenvalue weighted by atomic mass is 31.2. The molecule has 0 radical (unpaired) electrons. The summed E-state index contributed by atoms with van der Waals surface area (Å²) in [6.07, 6.45) is 0. The molecule has 3 aromatic carbocycles. The van der Waals surface area contributed by atoms with Crippen LogP contribution in [-0.4, -0.2) is 0 Å². The Kier molecular flexibility index (Phi) is 4.24. The van der Waals surface area contributed by atoms with Gasteiger partial charge in [0.15, 0.2) is 7.14 Å². The van der Waals surface area contributed by atoms with Crippen LogP contribution in [0.1, 0.15) is 16.7 Å². The summed E-state index contributed by atoms with van der Waals surface area (Å²) in [6.45, 7) is 6.14. The summed E-state index contributed by atoms with van der Waals surface area (Å²) in [5, 5.41) is 2.66. The Morgan fingerprint density at radius 1 is 0.478 bits per heavy atom. The molecule has 0 bridgehead atoms. The van der Waals surface area contributed by atoms with E-state index in [1.165, 1.54) is 16.7 Å². The maximum absolute atomic E-state index is 14.2. The first-order valence-electron chi connectivity index (χ1n) is 7.82. The van der Waals surface area contributed by atoms with Gasteiger partial charge in [0.25, 0.3) is 0 Å². The van der Waals surface area contributed by atoms with Crippen LogP contribution in [0.15, 0.2) is 72.8 Å². The fraction of sp³-hybridized carbons (Fsp3) is 0.143. The second-order valence-corrected chi connectivity index (χ2v) is 8.88. The smallest absolute Gasteiger partial charge is 0.171 e. The molecule has 0 aliphatic heterocycles. The van der Waals surface area contributed by atoms with Crippen molar-refractivity contribution in [3.8, 4) is 0 Å². The molecule has 116 valence electrons. The molecule has 0 aliphatic carbocycles. The standard InChI is InChI=1S/C21H21OP/c1-16-4-10-19(11-5-16)23(22,20-12-6-17(2)7-13-20)21-14-8-18(3)9-15-21/h4-15H,1-3H3. The van der Waals surface area contributed by atoms with Crippen molar-refractivity contribution in [2.75, 3.05) is 0 Å². The van der Waals surface area contributed by atoms with Crippen LogP contribution in [0.4, 0.5) is 0 Å². The molecule has 0 amide bonds. The highest BCUT2D eigenvalue weighted by Crippen LogP contribution is 2.42. The molecule has 0 saturated heterocycles. The lowest BCUT2D eigenvalue weighted by molar-refractivity contribution is 0.592. The lowest BCUT2D eigenvalue weighted by Crippen LogP contribution is -2.25. The Labute approximate surface area is 138 Å². The molecule has 3 aromatic rings. The molecule has 0 atom stereocenters. The van der Waals surface area contributed by atoms with E-state index in [0.717, 1.165) is 15.9 Å². The monoisotopic (exact) mass is 320 g/mol. The van der Waals surface area contributed by atoms with E-state index in [9.17, 15) is 4.57 Å². The summed E-state index contributed by atoms with van der Waals surface area (Å²) in [5.41, 5.74) is 3.52. The third-order valence-electron chi connectivity index (χ3n) is 4.19. The molecule has 0 unspecified atom stereocenters. The van der Waals surface area contributed by atoms with E-state index >= 15 is 0 Å². The van der Waals surface area contributed by atoms with Gasteiger partial charge < -0.3 is 4.57 Å². The Bertz CT molecular complexity index is 726. The van der Waals surface area contributed by atoms with Crippen molar-refractivity contribution in [2.45, 2.75) is 20.8 Å². The van der Waals surface area contributed by atoms with Gasteiger partial charge in [-0.05, 0) is 20.8 Å². The van der Waals surface area contributed by atoms with Gasteiger partial charge in [-0.2, -0.15) is 0 Å². The maximum Gasteiger partial charge on any atom is 0.171 e. The quantitative estimate of drug-likeness (QED) is 0.659. The molecule has 1 nitrogen and oxygen atoms in total. The molecular weight excluding hydrogens is 299 g/mol. The zero-order valence-electron chi connectivity index (χ0n) is 13.8. The molecule has 2 heteroatoms. The van der Waals surface area contributed by atoms with Gasteiger partial charge in [0.2, 0.25) is 0 Å². The highest BCUT2D eigenvalue weighted by molar-refractivity contribution is 7.85. The van der Waals surface area contributed by atoms with Crippen LogP contribution in [0, 0.1) is 20.8 Å². The van der Waals surface area contributed by atoms with Gasteiger partial charge in [0.05, 0.1) is 0 Å². The van der Waals surface area contributed by atoms with Crippen LogP contribution in [0.5, 0.6) is 0 Å². The molecule has 0 N–H and O–H groups in total. The van der Waals surface area contributed by atoms with Crippen LogP contribution >= 0.6 is 7.14 Å². The van der Waals surface area contributed by atoms with Crippen molar-refractivity contribution < 1.29 is 4.57 Å². The Morgan fingerprint density at radius 2 is 0.696 bits per heavy atom. The molecule has 0 heterocycles. The lowest BCUT2D eigenvalue weighted by Gasteiger charge is -2.20. The van der Waals surface area contributed by atoms with Crippen molar-refractivity contribution >= 4 is 23.1 Å². The first-order valence-corrected chi connectivity index (χ1v) is 9.52. The van der Waals surface area contributed by atoms with Crippen molar-refractivity contribution in [1.29, 1.82) is 0 Å². The van der Waals surface area contributed by atoms with Crippen molar-refractivity contribution in [1.82, 2.24) is 0 Å². The van der Waals surface area contributed by atoms with Gasteiger partial charge in [0, 0.05) is 15.9 Å². The van der Waals surface area contributed by atoms with E-state index in [4.69, 9.17) is 0 Å². The van der Waals surface area contributed by atoms with Gasteiger partial charge in [0.1, 0.15) is 0 Å². The summed E-state index contributed by atoms with van der Waals surface area (Å²) < 4.78 is 14.2. The van der Waals surface area contributed by atoms with Gasteiger partial charge in [-0.1, -0.05) is 89.5 Å². The average molecular weight is 320 g/mol. The minimum Gasteiger partial charge on any atom is -0.309 e. The van der Waals surface area contributed by atoms with E-state index < -0.39 is 7.14 Å². The third kappa shape index (κ3) is 3.02. The van der Waals surface area contributed by atoms with Crippen LogP contribution < -0.4 is 15.9 Å². The average Bonchev–Trinajstić information content (AvgIpc) is 2.56. The van der Waals surface area contributed by atoms with Crippen molar-refractivity contribution in [2.24, 2.45) is 0 Å². The van der Waals surface area contributed by atoms with Gasteiger partial charge in [-0.25, -0.2) is 0 Å². The summed E-state index contributed by atoms with van der Waals surface area (Å²) in [7, 11) is -2.84. The predicted molar refractivity (Wildman–Crippen MR) is 100 cm³/mol. The van der Waals surface area contributed by atoms with Crippen LogP contribution in [0.2, 0.25) is 0 Å². The molecule has 0 aromatic heterocycles. The lowest BCUT2D eigenvalue weighted by atomic mass is 10.2. The van der Waals surface area contributed by atoms with E-state index in [2.05, 4.69) is 0 Å². The third-order valence-corrected chi connectivity index (χ3v) is 7.27. The summed E-state index contributed by atoms with van der Waals surface area (Å²) in [4.78, 5) is 0. The summed E-state index contributed by atoms with van der Waals surface area (Å²) >= 11 is 0. The Balaban J connectivity index is 2.24. The molecular formula is C21H21OP. The van der Waals surface area contributed by atoms with E-state index in [0.29, 0.717) is 0 Å². The van der Waals surface area contributed by atoms with Crippen LogP contribution in [0.25, 0.3) is 0 Å². The number of rotatable bonds is 3. The minimum absolute atomic E-state index is 0.885. The fourth-order valence-electron chi connectivity index (χ4n) is 2.71. The number of hydrogen-bond acceptors (Lipinski definition) is 1. The highest BCUT2D eigenvalue weighted by Gasteiger charge is 2.29. The maximum atomic E-state index is 14.2. The molecule has 0 fully saturated rings. The number of benzene rings is 3. The zero-order chi connectivity index (χ0) is 16.4. The first kappa shape index (κ1) is 15.8. The SMILES string of the molecule is Cc1ccc(P(=O)(c2ccc(C)cc2)c2ccc(C)cc2)cc1. The molecule has 0 aliphatic rings. The van der Waals surface area contributed by atoms with Gasteiger partial charge in [-0.15, -0.1) is 0 Å². The van der Waals surface area contributed by atoms with Crippen molar-refractivity contribution in [3.63, 3.8) is 0 Å².